The molecule has 4 heteroatoms. The highest BCUT2D eigenvalue weighted by atomic mass is 14.8. The van der Waals surface area contributed by atoms with Gasteiger partial charge in [-0.05, 0) is 23.6 Å². The molecule has 0 aliphatic rings. The van der Waals surface area contributed by atoms with Gasteiger partial charge in [0.1, 0.15) is 0 Å². The number of hydrogen-bond acceptors (Lipinski definition) is 4. The first-order valence-electron chi connectivity index (χ1n) is 6.52. The van der Waals surface area contributed by atoms with Crippen molar-refractivity contribution < 1.29 is 0 Å². The van der Waals surface area contributed by atoms with E-state index in [4.69, 9.17) is 11.1 Å². The number of anilines is 1. The molecule has 5 N–H and O–H groups in total. The van der Waals surface area contributed by atoms with E-state index < -0.39 is 0 Å². The lowest BCUT2D eigenvalue weighted by Gasteiger charge is -2.15. The molecular weight excluding hydrogens is 236 g/mol. The fraction of sp³-hybridized carbons (Fsp3) is 0.400. The highest BCUT2D eigenvalue weighted by Crippen LogP contribution is 2.24. The molecule has 0 saturated carbocycles. The first kappa shape index (κ1) is 15.2. The Labute approximate surface area is 115 Å². The number of rotatable bonds is 6. The summed E-state index contributed by atoms with van der Waals surface area (Å²) < 4.78 is 0. The second-order valence-electron chi connectivity index (χ2n) is 4.75. The van der Waals surface area contributed by atoms with Crippen molar-refractivity contribution in [3.05, 3.63) is 41.1 Å². The Morgan fingerprint density at radius 3 is 2.53 bits per heavy atom. The Hall–Kier alpha value is -1.81. The molecule has 0 unspecified atom stereocenters. The molecule has 1 aromatic rings. The highest BCUT2D eigenvalue weighted by Gasteiger charge is 2.13. The van der Waals surface area contributed by atoms with E-state index in [1.807, 2.05) is 20.2 Å². The molecule has 0 heterocycles. The lowest BCUT2D eigenvalue weighted by Crippen LogP contribution is -2.17. The first-order chi connectivity index (χ1) is 9.04. The monoisotopic (exact) mass is 260 g/mol. The zero-order valence-corrected chi connectivity index (χ0v) is 12.2. The van der Waals surface area contributed by atoms with Gasteiger partial charge in [0.2, 0.25) is 0 Å². The van der Waals surface area contributed by atoms with Crippen LogP contribution in [0, 0.1) is 5.41 Å². The van der Waals surface area contributed by atoms with Crippen LogP contribution in [0.4, 0.5) is 5.69 Å². The van der Waals surface area contributed by atoms with Crippen LogP contribution in [0.25, 0.3) is 0 Å². The largest absolute Gasteiger partial charge is 0.394 e. The molecule has 0 spiro atoms. The van der Waals surface area contributed by atoms with Crippen molar-refractivity contribution in [3.63, 3.8) is 0 Å². The number of nitrogens with one attached hydrogen (secondary N) is 3. The third-order valence-electron chi connectivity index (χ3n) is 3.11. The maximum absolute atomic E-state index is 8.34. The van der Waals surface area contributed by atoms with Crippen LogP contribution in [0.2, 0.25) is 0 Å². The minimum absolute atomic E-state index is 0.342. The van der Waals surface area contributed by atoms with Gasteiger partial charge in [-0.2, -0.15) is 0 Å². The van der Waals surface area contributed by atoms with Gasteiger partial charge >= 0.3 is 0 Å². The van der Waals surface area contributed by atoms with Gasteiger partial charge in [0, 0.05) is 43.7 Å². The van der Waals surface area contributed by atoms with Gasteiger partial charge in [-0.3, -0.25) is 5.41 Å². The SMILES string of the molecule is CN/C=C(\CN)C(=N)c1cc(C(C)C)ccc1NC. The van der Waals surface area contributed by atoms with Crippen LogP contribution in [-0.2, 0) is 0 Å². The van der Waals surface area contributed by atoms with Crippen molar-refractivity contribution in [1.82, 2.24) is 5.32 Å². The van der Waals surface area contributed by atoms with Gasteiger partial charge < -0.3 is 16.4 Å². The van der Waals surface area contributed by atoms with E-state index in [0.29, 0.717) is 18.2 Å². The third kappa shape index (κ3) is 3.58. The van der Waals surface area contributed by atoms with E-state index in [2.05, 4.69) is 36.6 Å². The fourth-order valence-electron chi connectivity index (χ4n) is 1.93. The Morgan fingerprint density at radius 1 is 1.37 bits per heavy atom. The van der Waals surface area contributed by atoms with Crippen molar-refractivity contribution in [2.45, 2.75) is 19.8 Å². The van der Waals surface area contributed by atoms with E-state index in [9.17, 15) is 0 Å². The fourth-order valence-corrected chi connectivity index (χ4v) is 1.93. The van der Waals surface area contributed by atoms with Crippen molar-refractivity contribution >= 4 is 11.4 Å². The van der Waals surface area contributed by atoms with Crippen molar-refractivity contribution in [1.29, 1.82) is 5.41 Å². The molecule has 4 nitrogen and oxygen atoms in total. The van der Waals surface area contributed by atoms with E-state index in [1.54, 1.807) is 6.20 Å². The van der Waals surface area contributed by atoms with E-state index in [0.717, 1.165) is 16.8 Å². The molecule has 0 bridgehead atoms. The van der Waals surface area contributed by atoms with Gasteiger partial charge in [0.15, 0.2) is 0 Å². The van der Waals surface area contributed by atoms with Gasteiger partial charge in [0.25, 0.3) is 0 Å². The third-order valence-corrected chi connectivity index (χ3v) is 3.11. The molecule has 0 saturated heterocycles. The lowest BCUT2D eigenvalue weighted by atomic mass is 9.95. The molecular formula is C15H24N4. The Balaban J connectivity index is 3.26. The lowest BCUT2D eigenvalue weighted by molar-refractivity contribution is 0.866. The Kier molecular flexibility index (Phi) is 5.57. The normalized spacial score (nSPS) is 11.6. The summed E-state index contributed by atoms with van der Waals surface area (Å²) in [7, 11) is 3.68. The van der Waals surface area contributed by atoms with Crippen LogP contribution in [-0.4, -0.2) is 26.4 Å². The number of nitrogens with two attached hydrogens (primary N) is 1. The summed E-state index contributed by atoms with van der Waals surface area (Å²) in [5, 5.41) is 14.4. The standard InChI is InChI=1S/C15H24N4/c1-10(2)11-5-6-14(19-4)13(7-11)15(17)12(8-16)9-18-3/h5-7,9-10,17-19H,8,16H2,1-4H3/b12-9+,17-15?. The maximum Gasteiger partial charge on any atom is 0.0692 e. The Bertz CT molecular complexity index is 475. The second kappa shape index (κ2) is 6.95. The van der Waals surface area contributed by atoms with E-state index >= 15 is 0 Å². The van der Waals surface area contributed by atoms with Crippen LogP contribution in [0.1, 0.15) is 30.9 Å². The van der Waals surface area contributed by atoms with Crippen molar-refractivity contribution in [2.24, 2.45) is 5.73 Å². The van der Waals surface area contributed by atoms with Gasteiger partial charge in [-0.15, -0.1) is 0 Å². The first-order valence-corrected chi connectivity index (χ1v) is 6.52. The van der Waals surface area contributed by atoms with E-state index in [-0.39, 0.29) is 0 Å². The molecule has 104 valence electrons. The number of benzene rings is 1. The van der Waals surface area contributed by atoms with Gasteiger partial charge in [0.05, 0.1) is 5.71 Å². The summed E-state index contributed by atoms with van der Waals surface area (Å²) in [6.07, 6.45) is 1.78. The molecule has 0 radical (unpaired) electrons. The summed E-state index contributed by atoms with van der Waals surface area (Å²) >= 11 is 0. The average molecular weight is 260 g/mol. The van der Waals surface area contributed by atoms with Gasteiger partial charge in [-0.1, -0.05) is 19.9 Å². The van der Waals surface area contributed by atoms with Gasteiger partial charge in [-0.25, -0.2) is 0 Å². The molecule has 0 amide bonds. The molecule has 1 rings (SSSR count). The quantitative estimate of drug-likeness (QED) is 0.593. The summed E-state index contributed by atoms with van der Waals surface area (Å²) in [5.74, 6) is 0.437. The topological polar surface area (TPSA) is 73.9 Å². The summed E-state index contributed by atoms with van der Waals surface area (Å²) in [6, 6.07) is 6.18. The molecule has 0 aliphatic carbocycles. The smallest absolute Gasteiger partial charge is 0.0692 e. The van der Waals surface area contributed by atoms with Crippen LogP contribution >= 0.6 is 0 Å². The highest BCUT2D eigenvalue weighted by molar-refractivity contribution is 6.14. The zero-order chi connectivity index (χ0) is 14.4. The summed E-state index contributed by atoms with van der Waals surface area (Å²) in [6.45, 7) is 4.64. The average Bonchev–Trinajstić information content (AvgIpc) is 2.43. The van der Waals surface area contributed by atoms with Crippen molar-refractivity contribution in [3.8, 4) is 0 Å². The van der Waals surface area contributed by atoms with Crippen LogP contribution in [0.3, 0.4) is 0 Å². The van der Waals surface area contributed by atoms with Crippen LogP contribution in [0.5, 0.6) is 0 Å². The molecule has 0 fully saturated rings. The van der Waals surface area contributed by atoms with E-state index in [1.165, 1.54) is 5.56 Å². The number of hydrogen-bond donors (Lipinski definition) is 4. The maximum atomic E-state index is 8.34. The molecule has 0 aromatic heterocycles. The van der Waals surface area contributed by atoms with Crippen molar-refractivity contribution in [2.75, 3.05) is 26.0 Å². The predicted molar refractivity (Wildman–Crippen MR) is 83.1 cm³/mol. The molecule has 19 heavy (non-hydrogen) atoms. The predicted octanol–water partition coefficient (Wildman–Crippen LogP) is 2.28. The summed E-state index contributed by atoms with van der Waals surface area (Å²) in [5.41, 5.74) is 10.0. The minimum Gasteiger partial charge on any atom is -0.394 e. The van der Waals surface area contributed by atoms with Crippen LogP contribution in [0.15, 0.2) is 30.0 Å². The summed E-state index contributed by atoms with van der Waals surface area (Å²) in [4.78, 5) is 0. The zero-order valence-electron chi connectivity index (χ0n) is 12.2. The molecule has 0 atom stereocenters. The second-order valence-corrected chi connectivity index (χ2v) is 4.75. The van der Waals surface area contributed by atoms with Crippen LogP contribution < -0.4 is 16.4 Å². The Morgan fingerprint density at radius 2 is 2.05 bits per heavy atom. The molecule has 0 aliphatic heterocycles. The minimum atomic E-state index is 0.342. The molecule has 1 aromatic carbocycles.